The van der Waals surface area contributed by atoms with Gasteiger partial charge in [0.05, 0.1) is 16.2 Å². The van der Waals surface area contributed by atoms with E-state index in [1.54, 1.807) is 6.07 Å². The highest BCUT2D eigenvalue weighted by Crippen LogP contribution is 2.24. The van der Waals surface area contributed by atoms with Crippen molar-refractivity contribution in [1.82, 2.24) is 0 Å². The van der Waals surface area contributed by atoms with Crippen LogP contribution in [-0.2, 0) is 10.0 Å². The zero-order valence-electron chi connectivity index (χ0n) is 14.9. The molecular formula is C20H16FN3O4S. The molecule has 0 amide bonds. The van der Waals surface area contributed by atoms with Crippen molar-refractivity contribution in [1.29, 1.82) is 5.41 Å². The molecule has 0 heterocycles. The van der Waals surface area contributed by atoms with Crippen LogP contribution in [0.4, 0.5) is 15.8 Å². The zero-order valence-corrected chi connectivity index (χ0v) is 15.7. The van der Waals surface area contributed by atoms with E-state index < -0.39 is 21.8 Å². The van der Waals surface area contributed by atoms with Gasteiger partial charge in [-0.05, 0) is 54.6 Å². The van der Waals surface area contributed by atoms with E-state index in [9.17, 15) is 17.6 Å². The number of anilines is 2. The van der Waals surface area contributed by atoms with Crippen LogP contribution < -0.4 is 10.5 Å². The molecule has 3 aromatic rings. The van der Waals surface area contributed by atoms with Gasteiger partial charge in [-0.3, -0.25) is 10.1 Å². The van der Waals surface area contributed by atoms with E-state index in [-0.39, 0.29) is 33.1 Å². The van der Waals surface area contributed by atoms with Crippen LogP contribution in [0.15, 0.2) is 71.6 Å². The molecule has 0 radical (unpaired) electrons. The fraction of sp³-hybridized carbons (Fsp3) is 0. The number of nitrogen functional groups attached to an aromatic ring is 1. The number of halogens is 1. The molecule has 0 atom stereocenters. The quantitative estimate of drug-likeness (QED) is 0.363. The van der Waals surface area contributed by atoms with Crippen molar-refractivity contribution in [2.45, 2.75) is 4.90 Å². The third kappa shape index (κ3) is 4.41. The predicted molar refractivity (Wildman–Crippen MR) is 107 cm³/mol. The molecule has 0 aliphatic heterocycles. The molecule has 0 aliphatic rings. The van der Waals surface area contributed by atoms with Crippen molar-refractivity contribution in [2.24, 2.45) is 0 Å². The Morgan fingerprint density at radius 3 is 2.31 bits per heavy atom. The molecule has 0 fully saturated rings. The molecule has 9 heteroatoms. The molecule has 0 spiro atoms. The van der Waals surface area contributed by atoms with Crippen molar-refractivity contribution < 1.29 is 22.7 Å². The lowest BCUT2D eigenvalue weighted by Gasteiger charge is -2.13. The third-order valence-electron chi connectivity index (χ3n) is 4.10. The molecule has 0 saturated heterocycles. The van der Waals surface area contributed by atoms with E-state index in [1.165, 1.54) is 60.7 Å². The van der Waals surface area contributed by atoms with E-state index in [1.807, 2.05) is 0 Å². The number of rotatable bonds is 6. The fourth-order valence-corrected chi connectivity index (χ4v) is 3.68. The number of hydrogen-bond acceptors (Lipinski definition) is 5. The molecule has 0 unspecified atom stereocenters. The summed E-state index contributed by atoms with van der Waals surface area (Å²) in [6.45, 7) is 0. The summed E-state index contributed by atoms with van der Waals surface area (Å²) in [6.07, 6.45) is 0. The van der Waals surface area contributed by atoms with Gasteiger partial charge in [0, 0.05) is 22.5 Å². The minimum absolute atomic E-state index is 0.0396. The third-order valence-corrected chi connectivity index (χ3v) is 5.50. The number of aromatic carboxylic acids is 1. The van der Waals surface area contributed by atoms with Crippen LogP contribution in [0.1, 0.15) is 21.5 Å². The molecule has 0 aromatic heterocycles. The highest BCUT2D eigenvalue weighted by Gasteiger charge is 2.17. The second-order valence-corrected chi connectivity index (χ2v) is 7.80. The Kier molecular flexibility index (Phi) is 5.33. The summed E-state index contributed by atoms with van der Waals surface area (Å²) in [4.78, 5) is 10.8. The molecule has 3 rings (SSSR count). The molecular weight excluding hydrogens is 397 g/mol. The van der Waals surface area contributed by atoms with Crippen molar-refractivity contribution in [3.63, 3.8) is 0 Å². The minimum Gasteiger partial charge on any atom is -0.478 e. The van der Waals surface area contributed by atoms with Crippen LogP contribution in [0.2, 0.25) is 0 Å². The van der Waals surface area contributed by atoms with Gasteiger partial charge in [0.2, 0.25) is 0 Å². The first-order chi connectivity index (χ1) is 13.7. The standard InChI is InChI=1S/C20H16FN3O4S/c21-14-3-1-2-13(10-14)19(23)17-11-15(6-9-18(17)22)24-29(27,28)16-7-4-12(5-8-16)20(25)26/h1-11,23-24H,22H2,(H,25,26). The first-order valence-corrected chi connectivity index (χ1v) is 9.76. The normalized spacial score (nSPS) is 11.1. The maximum atomic E-state index is 13.5. The van der Waals surface area contributed by atoms with Crippen LogP contribution >= 0.6 is 0 Å². The fourth-order valence-electron chi connectivity index (χ4n) is 2.63. The maximum Gasteiger partial charge on any atom is 0.335 e. The lowest BCUT2D eigenvalue weighted by atomic mass is 10.0. The van der Waals surface area contributed by atoms with Gasteiger partial charge in [0.15, 0.2) is 0 Å². The Hall–Kier alpha value is -3.72. The van der Waals surface area contributed by atoms with Gasteiger partial charge in [-0.2, -0.15) is 0 Å². The van der Waals surface area contributed by atoms with Crippen LogP contribution in [-0.4, -0.2) is 25.2 Å². The topological polar surface area (TPSA) is 133 Å². The van der Waals surface area contributed by atoms with Gasteiger partial charge >= 0.3 is 5.97 Å². The van der Waals surface area contributed by atoms with Crippen LogP contribution in [0, 0.1) is 11.2 Å². The van der Waals surface area contributed by atoms with Gasteiger partial charge in [0.1, 0.15) is 5.82 Å². The monoisotopic (exact) mass is 413 g/mol. The van der Waals surface area contributed by atoms with E-state index in [0.717, 1.165) is 0 Å². The number of carboxylic acid groups (broad SMARTS) is 1. The number of benzene rings is 3. The number of nitrogens with one attached hydrogen (secondary N) is 2. The average Bonchev–Trinajstić information content (AvgIpc) is 2.69. The Morgan fingerprint density at radius 2 is 1.69 bits per heavy atom. The Bertz CT molecular complexity index is 1210. The first-order valence-electron chi connectivity index (χ1n) is 8.28. The maximum absolute atomic E-state index is 13.5. The number of hydrogen-bond donors (Lipinski definition) is 4. The van der Waals surface area contributed by atoms with Crippen molar-refractivity contribution in [2.75, 3.05) is 10.5 Å². The van der Waals surface area contributed by atoms with Crippen molar-refractivity contribution in [3.8, 4) is 0 Å². The van der Waals surface area contributed by atoms with Crippen LogP contribution in [0.25, 0.3) is 0 Å². The van der Waals surface area contributed by atoms with Gasteiger partial charge in [-0.25, -0.2) is 17.6 Å². The summed E-state index contributed by atoms with van der Waals surface area (Å²) in [7, 11) is -4.00. The van der Waals surface area contributed by atoms with E-state index in [0.29, 0.717) is 5.56 Å². The molecule has 0 aliphatic carbocycles. The van der Waals surface area contributed by atoms with Gasteiger partial charge in [-0.15, -0.1) is 0 Å². The minimum atomic E-state index is -4.00. The molecule has 0 bridgehead atoms. The summed E-state index contributed by atoms with van der Waals surface area (Å²) < 4.78 is 41.0. The summed E-state index contributed by atoms with van der Waals surface area (Å²) in [5, 5.41) is 17.2. The SMILES string of the molecule is N=C(c1cccc(F)c1)c1cc(NS(=O)(=O)c2ccc(C(=O)O)cc2)ccc1N. The van der Waals surface area contributed by atoms with Crippen LogP contribution in [0.3, 0.4) is 0 Å². The van der Waals surface area contributed by atoms with Crippen molar-refractivity contribution in [3.05, 3.63) is 89.2 Å². The summed E-state index contributed by atoms with van der Waals surface area (Å²) in [5.41, 5.74) is 6.72. The summed E-state index contributed by atoms with van der Waals surface area (Å²) in [6, 6.07) is 14.4. The highest BCUT2D eigenvalue weighted by molar-refractivity contribution is 7.92. The van der Waals surface area contributed by atoms with Gasteiger partial charge in [0.25, 0.3) is 10.0 Å². The molecule has 29 heavy (non-hydrogen) atoms. The Labute approximate surface area is 166 Å². The lowest BCUT2D eigenvalue weighted by Crippen LogP contribution is -2.14. The highest BCUT2D eigenvalue weighted by atomic mass is 32.2. The first kappa shape index (κ1) is 20.0. The number of carbonyl (C=O) groups is 1. The predicted octanol–water partition coefficient (Wildman–Crippen LogP) is 3.32. The van der Waals surface area contributed by atoms with Crippen molar-refractivity contribution >= 4 is 33.1 Å². The molecule has 3 aromatic carbocycles. The Morgan fingerprint density at radius 1 is 1.00 bits per heavy atom. The number of carboxylic acids is 1. The smallest absolute Gasteiger partial charge is 0.335 e. The number of sulfonamides is 1. The lowest BCUT2D eigenvalue weighted by molar-refractivity contribution is 0.0696. The van der Waals surface area contributed by atoms with E-state index in [4.69, 9.17) is 16.2 Å². The van der Waals surface area contributed by atoms with Crippen LogP contribution in [0.5, 0.6) is 0 Å². The van der Waals surface area contributed by atoms with E-state index >= 15 is 0 Å². The zero-order chi connectivity index (χ0) is 21.2. The summed E-state index contributed by atoms with van der Waals surface area (Å²) >= 11 is 0. The number of nitrogens with two attached hydrogens (primary N) is 1. The molecule has 0 saturated carbocycles. The van der Waals surface area contributed by atoms with Gasteiger partial charge < -0.3 is 10.8 Å². The molecule has 7 nitrogen and oxygen atoms in total. The second kappa shape index (κ2) is 7.72. The average molecular weight is 413 g/mol. The summed E-state index contributed by atoms with van der Waals surface area (Å²) in [5.74, 6) is -1.67. The molecule has 148 valence electrons. The second-order valence-electron chi connectivity index (χ2n) is 6.12. The molecule has 5 N–H and O–H groups in total. The van der Waals surface area contributed by atoms with E-state index in [2.05, 4.69) is 4.72 Å². The van der Waals surface area contributed by atoms with Gasteiger partial charge in [-0.1, -0.05) is 12.1 Å². The Balaban J connectivity index is 1.91. The largest absolute Gasteiger partial charge is 0.478 e.